The molecule has 2 rings (SSSR count). The fourth-order valence-electron chi connectivity index (χ4n) is 2.93. The molecule has 9 heteroatoms. The van der Waals surface area contributed by atoms with Crippen molar-refractivity contribution < 1.29 is 9.72 Å². The molecule has 0 spiro atoms. The van der Waals surface area contributed by atoms with Gasteiger partial charge in [0.05, 0.1) is 6.07 Å². The van der Waals surface area contributed by atoms with Crippen LogP contribution in [-0.2, 0) is 11.3 Å². The van der Waals surface area contributed by atoms with Crippen LogP contribution in [0.25, 0.3) is 0 Å². The van der Waals surface area contributed by atoms with Crippen LogP contribution in [0, 0.1) is 34.3 Å². The van der Waals surface area contributed by atoms with Gasteiger partial charge in [0, 0.05) is 33.1 Å². The number of hydrogen-bond donors (Lipinski definition) is 0. The lowest BCUT2D eigenvalue weighted by Crippen LogP contribution is -2.53. The van der Waals surface area contributed by atoms with Crippen molar-refractivity contribution in [3.05, 3.63) is 22.1 Å². The number of carbonyl (C=O) groups excluding carboxylic acids is 1. The van der Waals surface area contributed by atoms with E-state index in [0.29, 0.717) is 32.0 Å². The maximum absolute atomic E-state index is 12.4. The topological polar surface area (TPSA) is 108 Å². The molecule has 2 heterocycles. The maximum Gasteiger partial charge on any atom is 0.343 e. The van der Waals surface area contributed by atoms with Gasteiger partial charge in [0.1, 0.15) is 12.2 Å². The van der Waals surface area contributed by atoms with Crippen LogP contribution in [0.1, 0.15) is 19.7 Å². The molecule has 1 aromatic heterocycles. The second-order valence-electron chi connectivity index (χ2n) is 6.24. The van der Waals surface area contributed by atoms with Crippen LogP contribution in [0.3, 0.4) is 0 Å². The number of imidazole rings is 1. The van der Waals surface area contributed by atoms with E-state index in [2.05, 4.69) is 16.0 Å². The molecule has 1 saturated heterocycles. The summed E-state index contributed by atoms with van der Waals surface area (Å²) in [5, 5.41) is 20.3. The number of aryl methyl sites for hydroxylation is 1. The van der Waals surface area contributed by atoms with Gasteiger partial charge in [0.25, 0.3) is 5.91 Å². The number of carbonyl (C=O) groups is 1. The summed E-state index contributed by atoms with van der Waals surface area (Å²) in [6.07, 6.45) is 1.17. The highest BCUT2D eigenvalue weighted by atomic mass is 16.6. The smallest absolute Gasteiger partial charge is 0.343 e. The first kappa shape index (κ1) is 17.9. The van der Waals surface area contributed by atoms with Gasteiger partial charge in [0.2, 0.25) is 0 Å². The zero-order valence-electron chi connectivity index (χ0n) is 14.2. The Kier molecular flexibility index (Phi) is 5.51. The van der Waals surface area contributed by atoms with Gasteiger partial charge in [0.15, 0.2) is 12.4 Å². The van der Waals surface area contributed by atoms with Crippen molar-refractivity contribution in [3.8, 4) is 6.07 Å². The zero-order chi connectivity index (χ0) is 17.9. The minimum atomic E-state index is -0.536. The summed E-state index contributed by atoms with van der Waals surface area (Å²) in [6.45, 7) is 7.86. The first-order chi connectivity index (χ1) is 11.3. The van der Waals surface area contributed by atoms with Crippen LogP contribution in [0.4, 0.5) is 5.82 Å². The lowest BCUT2D eigenvalue weighted by molar-refractivity contribution is -0.392. The van der Waals surface area contributed by atoms with Crippen LogP contribution < -0.4 is 0 Å². The second-order valence-corrected chi connectivity index (χ2v) is 6.24. The summed E-state index contributed by atoms with van der Waals surface area (Å²) in [5.74, 6) is 0.326. The van der Waals surface area contributed by atoms with E-state index in [1.54, 1.807) is 11.8 Å². The van der Waals surface area contributed by atoms with E-state index in [-0.39, 0.29) is 30.2 Å². The molecule has 1 atom stereocenters. The first-order valence-corrected chi connectivity index (χ1v) is 7.93. The fourth-order valence-corrected chi connectivity index (χ4v) is 2.93. The van der Waals surface area contributed by atoms with E-state index in [4.69, 9.17) is 0 Å². The summed E-state index contributed by atoms with van der Waals surface area (Å²) in [5.41, 5.74) is 0. The molecule has 1 aliphatic heterocycles. The zero-order valence-corrected chi connectivity index (χ0v) is 14.2. The highest BCUT2D eigenvalue weighted by Crippen LogP contribution is 2.16. The third kappa shape index (κ3) is 3.71. The molecule has 9 nitrogen and oxygen atoms in total. The lowest BCUT2D eigenvalue weighted by Gasteiger charge is -2.37. The Bertz CT molecular complexity index is 655. The summed E-state index contributed by atoms with van der Waals surface area (Å²) in [7, 11) is 0. The molecule has 0 aromatic carbocycles. The Hall–Kier alpha value is -2.47. The number of nitrogens with zero attached hydrogens (tertiary/aromatic N) is 6. The molecule has 0 bridgehead atoms. The number of nitriles is 1. The SMILES string of the molecule is Cc1ncc([N+](=O)[O-])n1CC(=O)N1CCN(C(C#N)C(C)C)CC1. The molecular weight excluding hydrogens is 312 g/mol. The van der Waals surface area contributed by atoms with Crippen LogP contribution in [-0.4, -0.2) is 62.4 Å². The summed E-state index contributed by atoms with van der Waals surface area (Å²) in [6, 6.07) is 2.16. The quantitative estimate of drug-likeness (QED) is 0.582. The summed E-state index contributed by atoms with van der Waals surface area (Å²) < 4.78 is 1.32. The van der Waals surface area contributed by atoms with Gasteiger partial charge < -0.3 is 15.0 Å². The molecule has 1 amide bonds. The van der Waals surface area contributed by atoms with Crippen LogP contribution >= 0.6 is 0 Å². The van der Waals surface area contributed by atoms with Crippen molar-refractivity contribution in [2.24, 2.45) is 5.92 Å². The third-order valence-electron chi connectivity index (χ3n) is 4.34. The van der Waals surface area contributed by atoms with Crippen molar-refractivity contribution in [3.63, 3.8) is 0 Å². The van der Waals surface area contributed by atoms with Gasteiger partial charge in [-0.2, -0.15) is 5.26 Å². The maximum atomic E-state index is 12.4. The monoisotopic (exact) mass is 334 g/mol. The predicted octanol–water partition coefficient (Wildman–Crippen LogP) is 0.792. The van der Waals surface area contributed by atoms with Gasteiger partial charge in [-0.3, -0.25) is 9.69 Å². The van der Waals surface area contributed by atoms with Gasteiger partial charge in [-0.05, 0) is 10.8 Å². The number of rotatable bonds is 5. The van der Waals surface area contributed by atoms with E-state index in [0.717, 1.165) is 0 Å². The Morgan fingerprint density at radius 2 is 2.04 bits per heavy atom. The van der Waals surface area contributed by atoms with Crippen molar-refractivity contribution in [2.45, 2.75) is 33.4 Å². The minimum absolute atomic E-state index is 0.0893. The van der Waals surface area contributed by atoms with Gasteiger partial charge in [-0.25, -0.2) is 9.55 Å². The van der Waals surface area contributed by atoms with E-state index in [1.807, 2.05) is 13.8 Å². The van der Waals surface area contributed by atoms with E-state index in [9.17, 15) is 20.2 Å². The second kappa shape index (κ2) is 7.40. The Balaban J connectivity index is 1.98. The van der Waals surface area contributed by atoms with Crippen molar-refractivity contribution in [1.82, 2.24) is 19.4 Å². The molecule has 24 heavy (non-hydrogen) atoms. The molecule has 1 unspecified atom stereocenters. The standard InChI is InChI=1S/C15H22N6O3/c1-11(2)13(8-16)18-4-6-19(7-5-18)15(22)10-20-12(3)17-9-14(20)21(23)24/h9,11,13H,4-7,10H2,1-3H3. The molecule has 1 fully saturated rings. The Labute approximate surface area is 140 Å². The normalized spacial score (nSPS) is 16.9. The van der Waals surface area contributed by atoms with E-state index >= 15 is 0 Å². The largest absolute Gasteiger partial charge is 0.358 e. The molecule has 1 aromatic rings. The average Bonchev–Trinajstić information content (AvgIpc) is 2.89. The Morgan fingerprint density at radius 1 is 1.42 bits per heavy atom. The number of hydrogen-bond acceptors (Lipinski definition) is 6. The number of nitro groups is 1. The van der Waals surface area contributed by atoms with E-state index in [1.165, 1.54) is 10.8 Å². The predicted molar refractivity (Wildman–Crippen MR) is 86.0 cm³/mol. The summed E-state index contributed by atoms with van der Waals surface area (Å²) >= 11 is 0. The highest BCUT2D eigenvalue weighted by Gasteiger charge is 2.29. The fraction of sp³-hybridized carbons (Fsp3) is 0.667. The number of aromatic nitrogens is 2. The molecule has 0 N–H and O–H groups in total. The molecule has 0 saturated carbocycles. The third-order valence-corrected chi connectivity index (χ3v) is 4.34. The average molecular weight is 334 g/mol. The molecular formula is C15H22N6O3. The van der Waals surface area contributed by atoms with Crippen molar-refractivity contribution in [1.29, 1.82) is 5.26 Å². The molecule has 0 aliphatic carbocycles. The van der Waals surface area contributed by atoms with Gasteiger partial charge in [-0.15, -0.1) is 0 Å². The number of amides is 1. The van der Waals surface area contributed by atoms with E-state index < -0.39 is 4.92 Å². The molecule has 0 radical (unpaired) electrons. The minimum Gasteiger partial charge on any atom is -0.358 e. The van der Waals surface area contributed by atoms with Gasteiger partial charge >= 0.3 is 5.82 Å². The van der Waals surface area contributed by atoms with Gasteiger partial charge in [-0.1, -0.05) is 13.8 Å². The van der Waals surface area contributed by atoms with Crippen molar-refractivity contribution in [2.75, 3.05) is 26.2 Å². The van der Waals surface area contributed by atoms with Crippen LogP contribution in [0.15, 0.2) is 6.20 Å². The Morgan fingerprint density at radius 3 is 2.54 bits per heavy atom. The summed E-state index contributed by atoms with van der Waals surface area (Å²) in [4.78, 5) is 30.6. The van der Waals surface area contributed by atoms with Crippen LogP contribution in [0.2, 0.25) is 0 Å². The molecule has 130 valence electrons. The van der Waals surface area contributed by atoms with Crippen molar-refractivity contribution >= 4 is 11.7 Å². The highest BCUT2D eigenvalue weighted by molar-refractivity contribution is 5.76. The van der Waals surface area contributed by atoms with Crippen LogP contribution in [0.5, 0.6) is 0 Å². The molecule has 1 aliphatic rings. The lowest BCUT2D eigenvalue weighted by atomic mass is 10.0. The first-order valence-electron chi connectivity index (χ1n) is 7.93. The number of piperazine rings is 1.